The third-order valence-corrected chi connectivity index (χ3v) is 3.64. The lowest BCUT2D eigenvalue weighted by Crippen LogP contribution is -2.16. The van der Waals surface area contributed by atoms with Crippen LogP contribution in [-0.2, 0) is 4.74 Å². The summed E-state index contributed by atoms with van der Waals surface area (Å²) in [4.78, 5) is 16.5. The molecule has 0 aromatic carbocycles. The third kappa shape index (κ3) is 3.81. The second-order valence-electron chi connectivity index (χ2n) is 6.23. The second-order valence-corrected chi connectivity index (χ2v) is 6.23. The van der Waals surface area contributed by atoms with Crippen molar-refractivity contribution in [2.24, 2.45) is 0 Å². The molecule has 7 nitrogen and oxygen atoms in total. The number of anilines is 1. The van der Waals surface area contributed by atoms with Gasteiger partial charge in [0.1, 0.15) is 5.69 Å². The van der Waals surface area contributed by atoms with Crippen molar-refractivity contribution in [3.63, 3.8) is 0 Å². The fourth-order valence-corrected chi connectivity index (χ4v) is 2.49. The van der Waals surface area contributed by atoms with E-state index in [1.54, 1.807) is 36.7 Å². The van der Waals surface area contributed by atoms with Crippen LogP contribution in [0, 0.1) is 5.41 Å². The highest BCUT2D eigenvalue weighted by Gasteiger charge is 2.22. The van der Waals surface area contributed by atoms with Crippen molar-refractivity contribution in [2.45, 2.75) is 39.8 Å². The Morgan fingerprint density at radius 2 is 2.00 bits per heavy atom. The van der Waals surface area contributed by atoms with Gasteiger partial charge in [0, 0.05) is 29.7 Å². The second kappa shape index (κ2) is 7.38. The number of esters is 1. The number of hydrogen-bond acceptors (Lipinski definition) is 6. The quantitative estimate of drug-likeness (QED) is 0.619. The lowest BCUT2D eigenvalue weighted by molar-refractivity contribution is 0.0363. The monoisotopic (exact) mass is 344 g/mol. The van der Waals surface area contributed by atoms with Gasteiger partial charge in [-0.2, -0.15) is 0 Å². The summed E-state index contributed by atoms with van der Waals surface area (Å²) in [6.07, 6.45) is 3.05. The van der Waals surface area contributed by atoms with Gasteiger partial charge in [0.25, 0.3) is 0 Å². The fourth-order valence-electron chi connectivity index (χ4n) is 2.49. The summed E-state index contributed by atoms with van der Waals surface area (Å²) in [6.45, 7) is 7.51. The van der Waals surface area contributed by atoms with Crippen LogP contribution in [0.5, 0.6) is 5.88 Å². The van der Waals surface area contributed by atoms with Crippen molar-refractivity contribution in [3.05, 3.63) is 41.3 Å². The zero-order valence-corrected chi connectivity index (χ0v) is 15.2. The van der Waals surface area contributed by atoms with Crippen LogP contribution in [-0.4, -0.2) is 34.4 Å². The summed E-state index contributed by atoms with van der Waals surface area (Å²) in [6, 6.07) is 3.28. The maximum absolute atomic E-state index is 12.4. The SMILES string of the molecule is COc1nccc(N)c1C(=N)c1cc(C(=O)OC(C)C)n(C(C)C)c1. The molecule has 2 rings (SSSR count). The Balaban J connectivity index is 2.50. The number of nitrogen functional groups attached to an aromatic ring is 1. The van der Waals surface area contributed by atoms with Gasteiger partial charge in [-0.25, -0.2) is 9.78 Å². The van der Waals surface area contributed by atoms with Crippen LogP contribution in [0.2, 0.25) is 0 Å². The van der Waals surface area contributed by atoms with Crippen molar-refractivity contribution in [1.29, 1.82) is 5.41 Å². The number of carbonyl (C=O) groups is 1. The highest BCUT2D eigenvalue weighted by molar-refractivity contribution is 6.15. The van der Waals surface area contributed by atoms with Crippen LogP contribution in [0.1, 0.15) is 55.4 Å². The molecule has 0 aliphatic rings. The number of nitrogens with two attached hydrogens (primary N) is 1. The van der Waals surface area contributed by atoms with E-state index in [0.717, 1.165) is 0 Å². The van der Waals surface area contributed by atoms with Crippen LogP contribution in [0.3, 0.4) is 0 Å². The van der Waals surface area contributed by atoms with Crippen molar-refractivity contribution in [1.82, 2.24) is 9.55 Å². The largest absolute Gasteiger partial charge is 0.480 e. The summed E-state index contributed by atoms with van der Waals surface area (Å²) >= 11 is 0. The number of carbonyl (C=O) groups excluding carboxylic acids is 1. The van der Waals surface area contributed by atoms with E-state index in [1.165, 1.54) is 13.3 Å². The molecule has 25 heavy (non-hydrogen) atoms. The van der Waals surface area contributed by atoms with E-state index >= 15 is 0 Å². The molecule has 0 aliphatic heterocycles. The molecular formula is C18H24N4O3. The van der Waals surface area contributed by atoms with E-state index in [1.807, 2.05) is 13.8 Å². The van der Waals surface area contributed by atoms with E-state index in [4.69, 9.17) is 20.6 Å². The molecule has 2 aromatic heterocycles. The van der Waals surface area contributed by atoms with Crippen LogP contribution < -0.4 is 10.5 Å². The first-order valence-corrected chi connectivity index (χ1v) is 8.06. The van der Waals surface area contributed by atoms with E-state index < -0.39 is 5.97 Å². The van der Waals surface area contributed by atoms with E-state index in [0.29, 0.717) is 22.5 Å². The zero-order chi connectivity index (χ0) is 18.7. The summed E-state index contributed by atoms with van der Waals surface area (Å²) < 4.78 is 12.3. The van der Waals surface area contributed by atoms with Gasteiger partial charge in [-0.1, -0.05) is 0 Å². The zero-order valence-electron chi connectivity index (χ0n) is 15.2. The molecule has 0 radical (unpaired) electrons. The molecule has 0 spiro atoms. The Bertz CT molecular complexity index is 794. The first-order valence-electron chi connectivity index (χ1n) is 8.06. The summed E-state index contributed by atoms with van der Waals surface area (Å²) in [5, 5.41) is 8.52. The Morgan fingerprint density at radius 3 is 2.56 bits per heavy atom. The number of methoxy groups -OCH3 is 1. The van der Waals surface area contributed by atoms with Gasteiger partial charge in [-0.15, -0.1) is 0 Å². The lowest BCUT2D eigenvalue weighted by Gasteiger charge is -2.13. The topological polar surface area (TPSA) is 103 Å². The molecule has 0 saturated carbocycles. The molecule has 0 saturated heterocycles. The standard InChI is InChI=1S/C18H24N4O3/c1-10(2)22-9-12(8-14(22)18(23)25-11(3)4)16(20)15-13(19)6-7-21-17(15)24-5/h6-11,20H,1-5H3,(H2,19,21). The summed E-state index contributed by atoms with van der Waals surface area (Å²) in [5.74, 6) is -0.150. The van der Waals surface area contributed by atoms with Crippen LogP contribution >= 0.6 is 0 Å². The van der Waals surface area contributed by atoms with E-state index in [9.17, 15) is 4.79 Å². The van der Waals surface area contributed by atoms with Gasteiger partial charge >= 0.3 is 5.97 Å². The minimum Gasteiger partial charge on any atom is -0.480 e. The first kappa shape index (κ1) is 18.5. The predicted molar refractivity (Wildman–Crippen MR) is 96.5 cm³/mol. The minimum atomic E-state index is -0.422. The Kier molecular flexibility index (Phi) is 5.46. The molecular weight excluding hydrogens is 320 g/mol. The number of aromatic nitrogens is 2. The van der Waals surface area contributed by atoms with Gasteiger partial charge in [0.15, 0.2) is 0 Å². The Labute approximate surface area is 147 Å². The number of nitrogens with one attached hydrogen (secondary N) is 1. The highest BCUT2D eigenvalue weighted by atomic mass is 16.5. The van der Waals surface area contributed by atoms with E-state index in [2.05, 4.69) is 4.98 Å². The molecule has 0 bridgehead atoms. The highest BCUT2D eigenvalue weighted by Crippen LogP contribution is 2.26. The maximum atomic E-state index is 12.4. The van der Waals surface area contributed by atoms with Gasteiger partial charge in [0.05, 0.1) is 24.5 Å². The first-order chi connectivity index (χ1) is 11.8. The molecule has 0 aliphatic carbocycles. The minimum absolute atomic E-state index is 0.0319. The van der Waals surface area contributed by atoms with Gasteiger partial charge in [-0.05, 0) is 39.8 Å². The van der Waals surface area contributed by atoms with Crippen molar-refractivity contribution in [2.75, 3.05) is 12.8 Å². The van der Waals surface area contributed by atoms with E-state index in [-0.39, 0.29) is 23.7 Å². The smallest absolute Gasteiger partial charge is 0.355 e. The van der Waals surface area contributed by atoms with Crippen LogP contribution in [0.25, 0.3) is 0 Å². The van der Waals surface area contributed by atoms with Crippen molar-refractivity contribution in [3.8, 4) is 5.88 Å². The molecule has 0 unspecified atom stereocenters. The molecule has 2 aromatic rings. The Morgan fingerprint density at radius 1 is 1.32 bits per heavy atom. The normalized spacial score (nSPS) is 11.0. The Hall–Kier alpha value is -2.83. The molecule has 134 valence electrons. The molecule has 0 amide bonds. The number of rotatable bonds is 6. The summed E-state index contributed by atoms with van der Waals surface area (Å²) in [5.41, 5.74) is 7.87. The van der Waals surface area contributed by atoms with Crippen LogP contribution in [0.4, 0.5) is 5.69 Å². The molecule has 2 heterocycles. The van der Waals surface area contributed by atoms with Gasteiger partial charge in [0.2, 0.25) is 5.88 Å². The maximum Gasteiger partial charge on any atom is 0.355 e. The van der Waals surface area contributed by atoms with Crippen LogP contribution in [0.15, 0.2) is 24.5 Å². The predicted octanol–water partition coefficient (Wildman–Crippen LogP) is 3.04. The number of hydrogen-bond donors (Lipinski definition) is 2. The lowest BCUT2D eigenvalue weighted by atomic mass is 10.0. The van der Waals surface area contributed by atoms with Gasteiger partial charge in [-0.3, -0.25) is 5.41 Å². The van der Waals surface area contributed by atoms with Gasteiger partial charge < -0.3 is 19.8 Å². The van der Waals surface area contributed by atoms with Crippen molar-refractivity contribution >= 4 is 17.4 Å². The molecule has 7 heteroatoms. The fraction of sp³-hybridized carbons (Fsp3) is 0.389. The summed E-state index contributed by atoms with van der Waals surface area (Å²) in [7, 11) is 1.48. The van der Waals surface area contributed by atoms with Crippen molar-refractivity contribution < 1.29 is 14.3 Å². The number of nitrogens with zero attached hydrogens (tertiary/aromatic N) is 2. The number of pyridine rings is 1. The molecule has 3 N–H and O–H groups in total. The molecule has 0 atom stereocenters. The average Bonchev–Trinajstić information content (AvgIpc) is 2.99. The molecule has 0 fully saturated rings. The third-order valence-electron chi connectivity index (χ3n) is 3.64. The average molecular weight is 344 g/mol. The number of ether oxygens (including phenoxy) is 2.